The van der Waals surface area contributed by atoms with E-state index in [9.17, 15) is 5.26 Å². The van der Waals surface area contributed by atoms with Gasteiger partial charge in [-0.3, -0.25) is 9.55 Å². The van der Waals surface area contributed by atoms with Crippen LogP contribution in [-0.2, 0) is 7.05 Å². The van der Waals surface area contributed by atoms with Gasteiger partial charge in [-0.2, -0.15) is 5.26 Å². The number of fused-ring (bicyclic) bond motifs is 3. The Labute approximate surface area is 195 Å². The van der Waals surface area contributed by atoms with E-state index in [0.29, 0.717) is 11.5 Å². The summed E-state index contributed by atoms with van der Waals surface area (Å²) < 4.78 is 8.99. The molecule has 5 rings (SSSR count). The smallest absolute Gasteiger partial charge is 0.226 e. The van der Waals surface area contributed by atoms with Crippen molar-refractivity contribution < 1.29 is 4.74 Å². The molecule has 0 saturated heterocycles. The van der Waals surface area contributed by atoms with E-state index in [1.54, 1.807) is 25.6 Å². The summed E-state index contributed by atoms with van der Waals surface area (Å²) in [6.07, 6.45) is 7.30. The molecule has 0 bridgehead atoms. The number of rotatable bonds is 4. The van der Waals surface area contributed by atoms with Gasteiger partial charge in [0.05, 0.1) is 41.7 Å². The molecule has 0 fully saturated rings. The molecule has 0 saturated carbocycles. The fourth-order valence-electron chi connectivity index (χ4n) is 4.05. The minimum Gasteiger partial charge on any atom is -0.481 e. The number of imidazole rings is 1. The Balaban J connectivity index is 1.82. The van der Waals surface area contributed by atoms with Crippen molar-refractivity contribution in [3.05, 3.63) is 66.7 Å². The number of benzene rings is 1. The number of aromatic nitrogens is 5. The minimum absolute atomic E-state index is 0.473. The minimum atomic E-state index is 0.473. The molecule has 0 aliphatic rings. The number of methoxy groups -OCH3 is 1. The third kappa shape index (κ3) is 3.42. The summed E-state index contributed by atoms with van der Waals surface area (Å²) in [4.78, 5) is 19.6. The maximum absolute atomic E-state index is 9.39. The molecule has 0 spiro atoms. The van der Waals surface area contributed by atoms with Crippen molar-refractivity contribution in [1.82, 2.24) is 24.1 Å². The highest BCUT2D eigenvalue weighted by Crippen LogP contribution is 2.30. The number of hydrogen-bond donors (Lipinski definition) is 0. The number of hydrogen-bond acceptors (Lipinski definition) is 7. The third-order valence-corrected chi connectivity index (χ3v) is 5.78. The number of aryl methyl sites for hydroxylation is 1. The fourth-order valence-corrected chi connectivity index (χ4v) is 4.05. The maximum Gasteiger partial charge on any atom is 0.226 e. The van der Waals surface area contributed by atoms with Gasteiger partial charge in [-0.05, 0) is 35.9 Å². The zero-order chi connectivity index (χ0) is 23.8. The molecule has 4 aromatic heterocycles. The standard InChI is InChI=1S/C25H22N8O/c1-31(2)22-9-6-17(12-28-22)16-5-8-20-19(11-16)24-21(14-27-20)32(3)25(30-15-26)33(24)18-7-10-23(34-4)29-13-18/h5-14H,1-4H3. The lowest BCUT2D eigenvalue weighted by molar-refractivity contribution is 0.398. The second kappa shape index (κ2) is 8.33. The van der Waals surface area contributed by atoms with E-state index in [1.807, 2.05) is 71.8 Å². The average Bonchev–Trinajstić information content (AvgIpc) is 3.16. The van der Waals surface area contributed by atoms with Crippen LogP contribution in [-0.4, -0.2) is 45.3 Å². The summed E-state index contributed by atoms with van der Waals surface area (Å²) in [5, 5.41) is 10.3. The molecular weight excluding hydrogens is 428 g/mol. The van der Waals surface area contributed by atoms with Crippen LogP contribution in [0.1, 0.15) is 0 Å². The molecule has 0 radical (unpaired) electrons. The Bertz CT molecular complexity index is 1620. The quantitative estimate of drug-likeness (QED) is 0.389. The molecule has 9 heteroatoms. The largest absolute Gasteiger partial charge is 0.481 e. The predicted octanol–water partition coefficient (Wildman–Crippen LogP) is 3.43. The number of anilines is 1. The molecule has 9 nitrogen and oxygen atoms in total. The van der Waals surface area contributed by atoms with Gasteiger partial charge < -0.3 is 14.2 Å². The Hall–Kier alpha value is -4.71. The van der Waals surface area contributed by atoms with Crippen LogP contribution < -0.4 is 15.3 Å². The number of nitrogens with zero attached hydrogens (tertiary/aromatic N) is 8. The molecule has 0 aliphatic carbocycles. The highest BCUT2D eigenvalue weighted by atomic mass is 16.5. The molecule has 5 aromatic rings. The fraction of sp³-hybridized carbons (Fsp3) is 0.160. The van der Waals surface area contributed by atoms with Crippen LogP contribution >= 0.6 is 0 Å². The van der Waals surface area contributed by atoms with Gasteiger partial charge in [-0.25, -0.2) is 9.97 Å². The summed E-state index contributed by atoms with van der Waals surface area (Å²) in [6, 6.07) is 13.9. The van der Waals surface area contributed by atoms with Crippen molar-refractivity contribution in [1.29, 1.82) is 5.26 Å². The Morgan fingerprint density at radius 3 is 2.44 bits per heavy atom. The van der Waals surface area contributed by atoms with E-state index in [-0.39, 0.29) is 0 Å². The van der Waals surface area contributed by atoms with E-state index in [2.05, 4.69) is 32.1 Å². The Kier molecular flexibility index (Phi) is 5.18. The van der Waals surface area contributed by atoms with Gasteiger partial charge >= 0.3 is 0 Å². The lowest BCUT2D eigenvalue weighted by Crippen LogP contribution is -2.22. The van der Waals surface area contributed by atoms with E-state index < -0.39 is 0 Å². The predicted molar refractivity (Wildman–Crippen MR) is 131 cm³/mol. The number of pyridine rings is 3. The van der Waals surface area contributed by atoms with Crippen molar-refractivity contribution in [3.8, 4) is 28.9 Å². The van der Waals surface area contributed by atoms with Gasteiger partial charge in [-0.15, -0.1) is 4.99 Å². The number of nitriles is 1. The summed E-state index contributed by atoms with van der Waals surface area (Å²) in [5.41, 5.74) is 5.81. The summed E-state index contributed by atoms with van der Waals surface area (Å²) in [7, 11) is 7.37. The monoisotopic (exact) mass is 450 g/mol. The summed E-state index contributed by atoms with van der Waals surface area (Å²) in [6.45, 7) is 0. The van der Waals surface area contributed by atoms with Gasteiger partial charge in [-0.1, -0.05) is 6.07 Å². The molecule has 168 valence electrons. The van der Waals surface area contributed by atoms with Gasteiger partial charge in [0.2, 0.25) is 17.7 Å². The first-order valence-electron chi connectivity index (χ1n) is 10.6. The lowest BCUT2D eigenvalue weighted by Gasteiger charge is -2.12. The second-order valence-corrected chi connectivity index (χ2v) is 7.99. The second-order valence-electron chi connectivity index (χ2n) is 7.99. The highest BCUT2D eigenvalue weighted by molar-refractivity contribution is 6.04. The Morgan fingerprint density at radius 1 is 0.971 bits per heavy atom. The van der Waals surface area contributed by atoms with Crippen LogP contribution in [0.15, 0.2) is 66.0 Å². The third-order valence-electron chi connectivity index (χ3n) is 5.78. The van der Waals surface area contributed by atoms with Crippen LogP contribution in [0.3, 0.4) is 0 Å². The Morgan fingerprint density at radius 2 is 1.79 bits per heavy atom. The lowest BCUT2D eigenvalue weighted by atomic mass is 10.0. The van der Waals surface area contributed by atoms with Crippen molar-refractivity contribution in [2.75, 3.05) is 26.1 Å². The van der Waals surface area contributed by atoms with E-state index in [4.69, 9.17) is 4.74 Å². The first-order chi connectivity index (χ1) is 16.5. The number of ether oxygens (including phenoxy) is 1. The molecule has 34 heavy (non-hydrogen) atoms. The molecule has 0 amide bonds. The first kappa shape index (κ1) is 21.2. The zero-order valence-corrected chi connectivity index (χ0v) is 19.3. The van der Waals surface area contributed by atoms with Gasteiger partial charge in [0.15, 0.2) is 0 Å². The van der Waals surface area contributed by atoms with Gasteiger partial charge in [0.25, 0.3) is 0 Å². The maximum atomic E-state index is 9.39. The first-order valence-corrected chi connectivity index (χ1v) is 10.6. The van der Waals surface area contributed by atoms with Gasteiger partial charge in [0.1, 0.15) is 5.82 Å². The van der Waals surface area contributed by atoms with Crippen LogP contribution in [0, 0.1) is 11.5 Å². The zero-order valence-electron chi connectivity index (χ0n) is 19.3. The van der Waals surface area contributed by atoms with Crippen molar-refractivity contribution in [2.24, 2.45) is 12.0 Å². The van der Waals surface area contributed by atoms with Crippen LogP contribution in [0.25, 0.3) is 38.8 Å². The van der Waals surface area contributed by atoms with Crippen LogP contribution in [0.4, 0.5) is 5.82 Å². The highest BCUT2D eigenvalue weighted by Gasteiger charge is 2.16. The molecule has 0 atom stereocenters. The molecule has 0 N–H and O–H groups in total. The molecule has 1 aromatic carbocycles. The topological polar surface area (TPSA) is 97.1 Å². The molecule has 4 heterocycles. The van der Waals surface area contributed by atoms with Crippen molar-refractivity contribution >= 4 is 27.8 Å². The van der Waals surface area contributed by atoms with Crippen molar-refractivity contribution in [3.63, 3.8) is 0 Å². The summed E-state index contributed by atoms with van der Waals surface area (Å²) >= 11 is 0. The molecule has 0 unspecified atom stereocenters. The average molecular weight is 451 g/mol. The normalized spacial score (nSPS) is 11.7. The van der Waals surface area contributed by atoms with E-state index in [1.165, 1.54) is 0 Å². The summed E-state index contributed by atoms with van der Waals surface area (Å²) in [5.74, 6) is 1.40. The van der Waals surface area contributed by atoms with Crippen LogP contribution in [0.5, 0.6) is 5.88 Å². The molecule has 0 aliphatic heterocycles. The van der Waals surface area contributed by atoms with E-state index in [0.717, 1.165) is 44.6 Å². The van der Waals surface area contributed by atoms with Crippen LogP contribution in [0.2, 0.25) is 0 Å². The van der Waals surface area contributed by atoms with Gasteiger partial charge in [0, 0.05) is 44.4 Å². The van der Waals surface area contributed by atoms with E-state index >= 15 is 0 Å². The van der Waals surface area contributed by atoms with Crippen molar-refractivity contribution in [2.45, 2.75) is 0 Å². The SMILES string of the molecule is COc1ccc(-n2c(=NC#N)n(C)c3cnc4ccc(-c5ccc(N(C)C)nc5)cc4c32)cn1. The molecular formula is C25H22N8O.